The second-order valence-electron chi connectivity index (χ2n) is 7.27. The van der Waals surface area contributed by atoms with Crippen molar-refractivity contribution in [2.45, 2.75) is 26.8 Å². The van der Waals surface area contributed by atoms with Crippen LogP contribution in [0.2, 0.25) is 0 Å². The van der Waals surface area contributed by atoms with Crippen LogP contribution in [0.4, 0.5) is 5.00 Å². The Balaban J connectivity index is 1.91. The standard InChI is InChI=1S/C25H26N2O5S/c1-5-32-25(30)20-15(2)21(23(29)26-16(3)17-10-7-6-8-11-17)33-24(20)27-22(28)18-12-9-13-19(14-18)31-4/h6-14,16H,5H2,1-4H3,(H,26,29)(H,27,28). The van der Waals surface area contributed by atoms with Crippen LogP contribution in [0.3, 0.4) is 0 Å². The maximum absolute atomic E-state index is 13.1. The fourth-order valence-electron chi connectivity index (χ4n) is 3.29. The van der Waals surface area contributed by atoms with E-state index >= 15 is 0 Å². The van der Waals surface area contributed by atoms with Crippen molar-refractivity contribution in [2.24, 2.45) is 0 Å². The van der Waals surface area contributed by atoms with E-state index in [0.29, 0.717) is 21.8 Å². The predicted octanol–water partition coefficient (Wildman–Crippen LogP) is 4.99. The molecule has 1 aromatic heterocycles. The van der Waals surface area contributed by atoms with Gasteiger partial charge in [-0.15, -0.1) is 11.3 Å². The van der Waals surface area contributed by atoms with E-state index in [0.717, 1.165) is 16.9 Å². The summed E-state index contributed by atoms with van der Waals surface area (Å²) in [6.45, 7) is 5.42. The fourth-order valence-corrected chi connectivity index (χ4v) is 4.39. The molecule has 1 atom stereocenters. The summed E-state index contributed by atoms with van der Waals surface area (Å²) >= 11 is 1.04. The van der Waals surface area contributed by atoms with Crippen LogP contribution in [0.15, 0.2) is 54.6 Å². The molecule has 7 nitrogen and oxygen atoms in total. The maximum atomic E-state index is 13.1. The summed E-state index contributed by atoms with van der Waals surface area (Å²) < 4.78 is 10.4. The van der Waals surface area contributed by atoms with E-state index in [2.05, 4.69) is 10.6 Å². The minimum Gasteiger partial charge on any atom is -0.497 e. The van der Waals surface area contributed by atoms with E-state index in [1.54, 1.807) is 38.1 Å². The number of methoxy groups -OCH3 is 1. The number of thiophene rings is 1. The minimum atomic E-state index is -0.595. The highest BCUT2D eigenvalue weighted by atomic mass is 32.1. The largest absolute Gasteiger partial charge is 0.497 e. The SMILES string of the molecule is CCOC(=O)c1c(NC(=O)c2cccc(OC)c2)sc(C(=O)NC(C)c2ccccc2)c1C. The number of nitrogens with one attached hydrogen (secondary N) is 2. The molecule has 3 rings (SSSR count). The molecule has 0 aliphatic heterocycles. The van der Waals surface area contributed by atoms with Crippen molar-refractivity contribution in [1.29, 1.82) is 0 Å². The van der Waals surface area contributed by atoms with Gasteiger partial charge in [0, 0.05) is 5.56 Å². The molecule has 0 saturated heterocycles. The number of carbonyl (C=O) groups excluding carboxylic acids is 3. The van der Waals surface area contributed by atoms with Crippen molar-refractivity contribution >= 4 is 34.1 Å². The third kappa shape index (κ3) is 5.59. The smallest absolute Gasteiger partial charge is 0.341 e. The van der Waals surface area contributed by atoms with Crippen LogP contribution in [0, 0.1) is 6.92 Å². The summed E-state index contributed by atoms with van der Waals surface area (Å²) in [5, 5.41) is 5.98. The molecule has 0 bridgehead atoms. The topological polar surface area (TPSA) is 93.7 Å². The van der Waals surface area contributed by atoms with Gasteiger partial charge in [0.15, 0.2) is 0 Å². The van der Waals surface area contributed by atoms with E-state index in [4.69, 9.17) is 9.47 Å². The third-order valence-corrected chi connectivity index (χ3v) is 6.24. The van der Waals surface area contributed by atoms with Crippen LogP contribution in [0.5, 0.6) is 5.75 Å². The molecule has 3 aromatic rings. The second kappa shape index (κ2) is 10.8. The molecule has 172 valence electrons. The molecule has 0 aliphatic rings. The first kappa shape index (κ1) is 24.0. The molecular formula is C25H26N2O5S. The summed E-state index contributed by atoms with van der Waals surface area (Å²) in [5.41, 5.74) is 1.95. The first-order valence-electron chi connectivity index (χ1n) is 10.5. The quantitative estimate of drug-likeness (QED) is 0.457. The first-order chi connectivity index (χ1) is 15.8. The van der Waals surface area contributed by atoms with Crippen LogP contribution in [-0.2, 0) is 4.74 Å². The molecule has 0 spiro atoms. The molecule has 0 radical (unpaired) electrons. The van der Waals surface area contributed by atoms with Gasteiger partial charge in [0.1, 0.15) is 10.8 Å². The highest BCUT2D eigenvalue weighted by Gasteiger charge is 2.27. The van der Waals surface area contributed by atoms with Crippen LogP contribution >= 0.6 is 11.3 Å². The highest BCUT2D eigenvalue weighted by molar-refractivity contribution is 7.18. The molecule has 0 aliphatic carbocycles. The number of hydrogen-bond donors (Lipinski definition) is 2. The molecule has 0 saturated carbocycles. The second-order valence-corrected chi connectivity index (χ2v) is 8.29. The van der Waals surface area contributed by atoms with Crippen molar-refractivity contribution in [3.8, 4) is 5.75 Å². The van der Waals surface area contributed by atoms with Crippen molar-refractivity contribution in [3.63, 3.8) is 0 Å². The van der Waals surface area contributed by atoms with E-state index < -0.39 is 11.9 Å². The Kier molecular flexibility index (Phi) is 7.84. The molecule has 2 N–H and O–H groups in total. The zero-order valence-corrected chi connectivity index (χ0v) is 19.7. The van der Waals surface area contributed by atoms with Crippen molar-refractivity contribution < 1.29 is 23.9 Å². The van der Waals surface area contributed by atoms with E-state index in [9.17, 15) is 14.4 Å². The van der Waals surface area contributed by atoms with Crippen molar-refractivity contribution in [1.82, 2.24) is 5.32 Å². The number of benzene rings is 2. The Labute approximate surface area is 196 Å². The summed E-state index contributed by atoms with van der Waals surface area (Å²) in [7, 11) is 1.51. The summed E-state index contributed by atoms with van der Waals surface area (Å²) in [4.78, 5) is 38.9. The molecule has 2 aromatic carbocycles. The van der Waals surface area contributed by atoms with Crippen molar-refractivity contribution in [2.75, 3.05) is 19.0 Å². The molecule has 0 fully saturated rings. The van der Waals surface area contributed by atoms with Crippen LogP contribution in [-0.4, -0.2) is 31.5 Å². The normalized spacial score (nSPS) is 11.4. The molecule has 2 amide bonds. The van der Waals surface area contributed by atoms with Gasteiger partial charge in [-0.3, -0.25) is 9.59 Å². The minimum absolute atomic E-state index is 0.171. The van der Waals surface area contributed by atoms with Gasteiger partial charge in [0.2, 0.25) is 0 Å². The van der Waals surface area contributed by atoms with E-state index in [1.165, 1.54) is 7.11 Å². The molecule has 1 heterocycles. The highest BCUT2D eigenvalue weighted by Crippen LogP contribution is 2.34. The van der Waals surface area contributed by atoms with Gasteiger partial charge in [0.25, 0.3) is 11.8 Å². The van der Waals surface area contributed by atoms with Crippen LogP contribution in [0.25, 0.3) is 0 Å². The lowest BCUT2D eigenvalue weighted by molar-refractivity contribution is 0.0527. The van der Waals surface area contributed by atoms with Crippen LogP contribution < -0.4 is 15.4 Å². The lowest BCUT2D eigenvalue weighted by Crippen LogP contribution is -2.26. The lowest BCUT2D eigenvalue weighted by Gasteiger charge is -2.14. The average Bonchev–Trinajstić information content (AvgIpc) is 3.15. The van der Waals surface area contributed by atoms with Gasteiger partial charge >= 0.3 is 5.97 Å². The predicted molar refractivity (Wildman–Crippen MR) is 128 cm³/mol. The number of anilines is 1. The van der Waals surface area contributed by atoms with Gasteiger partial charge in [-0.25, -0.2) is 4.79 Å². The van der Waals surface area contributed by atoms with Crippen molar-refractivity contribution in [3.05, 3.63) is 81.7 Å². The Morgan fingerprint density at radius 2 is 1.76 bits per heavy atom. The summed E-state index contributed by atoms with van der Waals surface area (Å²) in [6.07, 6.45) is 0. The summed E-state index contributed by atoms with van der Waals surface area (Å²) in [6, 6.07) is 16.0. The number of esters is 1. The first-order valence-corrected chi connectivity index (χ1v) is 11.3. The maximum Gasteiger partial charge on any atom is 0.341 e. The molecule has 33 heavy (non-hydrogen) atoms. The Morgan fingerprint density at radius 3 is 2.42 bits per heavy atom. The number of amides is 2. The monoisotopic (exact) mass is 466 g/mol. The van der Waals surface area contributed by atoms with Gasteiger partial charge < -0.3 is 20.1 Å². The van der Waals surface area contributed by atoms with Crippen LogP contribution in [0.1, 0.15) is 61.4 Å². The number of ether oxygens (including phenoxy) is 2. The fraction of sp³-hybridized carbons (Fsp3) is 0.240. The lowest BCUT2D eigenvalue weighted by atomic mass is 10.1. The number of rotatable bonds is 8. The molecule has 1 unspecified atom stereocenters. The van der Waals surface area contributed by atoms with E-state index in [-0.39, 0.29) is 29.1 Å². The van der Waals surface area contributed by atoms with Gasteiger partial charge in [-0.1, -0.05) is 36.4 Å². The summed E-state index contributed by atoms with van der Waals surface area (Å²) in [5.74, 6) is -0.820. The average molecular weight is 467 g/mol. The van der Waals surface area contributed by atoms with Gasteiger partial charge in [-0.05, 0) is 50.1 Å². The van der Waals surface area contributed by atoms with E-state index in [1.807, 2.05) is 37.3 Å². The third-order valence-electron chi connectivity index (χ3n) is 5.04. The van der Waals surface area contributed by atoms with Gasteiger partial charge in [-0.2, -0.15) is 0 Å². The van der Waals surface area contributed by atoms with Gasteiger partial charge in [0.05, 0.1) is 30.2 Å². The molecule has 8 heteroatoms. The number of carbonyl (C=O) groups is 3. The molecular weight excluding hydrogens is 440 g/mol. The Morgan fingerprint density at radius 1 is 1.03 bits per heavy atom. The Hall–Kier alpha value is -3.65. The number of hydrogen-bond acceptors (Lipinski definition) is 6. The zero-order chi connectivity index (χ0) is 24.0. The Bertz CT molecular complexity index is 1160. The zero-order valence-electron chi connectivity index (χ0n) is 18.9.